The molecular formula is C20H18Cl2N2O3. The number of hydrogen-bond donors (Lipinski definition) is 1. The van der Waals surface area contributed by atoms with Gasteiger partial charge < -0.3 is 14.8 Å². The fourth-order valence-corrected chi connectivity index (χ4v) is 2.83. The number of hydrogen-bond acceptors (Lipinski definition) is 4. The molecule has 0 saturated carbocycles. The van der Waals surface area contributed by atoms with Gasteiger partial charge in [-0.2, -0.15) is 5.26 Å². The van der Waals surface area contributed by atoms with E-state index < -0.39 is 5.91 Å². The van der Waals surface area contributed by atoms with Crippen molar-refractivity contribution in [3.05, 3.63) is 57.1 Å². The topological polar surface area (TPSA) is 71.3 Å². The van der Waals surface area contributed by atoms with Crippen molar-refractivity contribution in [2.75, 3.05) is 19.0 Å². The van der Waals surface area contributed by atoms with Gasteiger partial charge in [0.05, 0.1) is 18.7 Å². The number of rotatable bonds is 6. The van der Waals surface area contributed by atoms with Crippen LogP contribution in [0.4, 0.5) is 5.69 Å². The highest BCUT2D eigenvalue weighted by Crippen LogP contribution is 2.37. The fourth-order valence-electron chi connectivity index (χ4n) is 2.37. The maximum atomic E-state index is 12.5. The van der Waals surface area contributed by atoms with Crippen LogP contribution in [0.1, 0.15) is 18.1 Å². The smallest absolute Gasteiger partial charge is 0.266 e. The largest absolute Gasteiger partial charge is 0.491 e. The third-order valence-electron chi connectivity index (χ3n) is 3.66. The first-order valence-electron chi connectivity index (χ1n) is 8.09. The van der Waals surface area contributed by atoms with Gasteiger partial charge in [-0.1, -0.05) is 29.3 Å². The molecule has 7 heteroatoms. The van der Waals surface area contributed by atoms with Crippen molar-refractivity contribution in [2.45, 2.75) is 13.8 Å². The number of carbonyl (C=O) groups excluding carboxylic acids is 1. The predicted molar refractivity (Wildman–Crippen MR) is 108 cm³/mol. The average Bonchev–Trinajstić information content (AvgIpc) is 2.62. The normalized spacial score (nSPS) is 10.9. The van der Waals surface area contributed by atoms with E-state index in [9.17, 15) is 10.1 Å². The molecular weight excluding hydrogens is 387 g/mol. The van der Waals surface area contributed by atoms with Gasteiger partial charge in [-0.25, -0.2) is 0 Å². The number of methoxy groups -OCH3 is 1. The Morgan fingerprint density at radius 3 is 2.67 bits per heavy atom. The summed E-state index contributed by atoms with van der Waals surface area (Å²) in [6.07, 6.45) is 1.43. The zero-order valence-corrected chi connectivity index (χ0v) is 16.6. The number of aryl methyl sites for hydroxylation is 1. The minimum absolute atomic E-state index is 0.0851. The van der Waals surface area contributed by atoms with Gasteiger partial charge in [0.25, 0.3) is 5.91 Å². The number of nitrogens with zero attached hydrogens (tertiary/aromatic N) is 1. The second kappa shape index (κ2) is 9.31. The number of halogens is 2. The first-order valence-corrected chi connectivity index (χ1v) is 8.84. The van der Waals surface area contributed by atoms with Gasteiger partial charge in [0.1, 0.15) is 11.6 Å². The number of nitrogens with one attached hydrogen (secondary N) is 1. The summed E-state index contributed by atoms with van der Waals surface area (Å²) in [5.41, 5.74) is 1.82. The van der Waals surface area contributed by atoms with Crippen LogP contribution in [0.3, 0.4) is 0 Å². The molecule has 0 fully saturated rings. The molecule has 1 amide bonds. The van der Waals surface area contributed by atoms with E-state index in [1.807, 2.05) is 19.9 Å². The van der Waals surface area contributed by atoms with E-state index in [-0.39, 0.29) is 5.57 Å². The maximum Gasteiger partial charge on any atom is 0.266 e. The molecule has 2 rings (SSSR count). The number of amides is 1. The molecule has 2 aromatic carbocycles. The minimum atomic E-state index is -0.548. The molecule has 0 heterocycles. The molecule has 0 aliphatic rings. The van der Waals surface area contributed by atoms with E-state index >= 15 is 0 Å². The van der Waals surface area contributed by atoms with Gasteiger partial charge in [0.2, 0.25) is 0 Å². The highest BCUT2D eigenvalue weighted by atomic mass is 35.5. The Bertz CT molecular complexity index is 934. The van der Waals surface area contributed by atoms with Crippen LogP contribution in [-0.2, 0) is 4.79 Å². The van der Waals surface area contributed by atoms with Gasteiger partial charge in [-0.15, -0.1) is 0 Å². The standard InChI is InChI=1S/C20H18Cl2N2O3/c1-4-27-18-9-13(8-16(22)19(18)26-3)7-14(11-23)20(25)24-17-10-15(21)6-5-12(17)2/h5-10H,4H2,1-3H3,(H,24,25)/b14-7+. The van der Waals surface area contributed by atoms with E-state index in [1.165, 1.54) is 13.2 Å². The Labute approximate surface area is 168 Å². The Morgan fingerprint density at radius 2 is 2.04 bits per heavy atom. The quantitative estimate of drug-likeness (QED) is 0.526. The lowest BCUT2D eigenvalue weighted by atomic mass is 10.1. The summed E-state index contributed by atoms with van der Waals surface area (Å²) in [5.74, 6) is 0.281. The van der Waals surface area contributed by atoms with Crippen LogP contribution in [0.15, 0.2) is 35.9 Å². The zero-order chi connectivity index (χ0) is 20.0. The van der Waals surface area contributed by atoms with Crippen LogP contribution in [-0.4, -0.2) is 19.6 Å². The summed E-state index contributed by atoms with van der Waals surface area (Å²) in [4.78, 5) is 12.5. The number of nitriles is 1. The van der Waals surface area contributed by atoms with Gasteiger partial charge in [-0.05, 0) is 55.3 Å². The highest BCUT2D eigenvalue weighted by Gasteiger charge is 2.14. The van der Waals surface area contributed by atoms with Gasteiger partial charge in [0, 0.05) is 10.7 Å². The third-order valence-corrected chi connectivity index (χ3v) is 4.18. The van der Waals surface area contributed by atoms with Crippen LogP contribution in [0.2, 0.25) is 10.0 Å². The molecule has 0 saturated heterocycles. The van der Waals surface area contributed by atoms with E-state index in [0.29, 0.717) is 39.4 Å². The lowest BCUT2D eigenvalue weighted by Crippen LogP contribution is -2.14. The number of ether oxygens (including phenoxy) is 2. The molecule has 0 aliphatic heterocycles. The van der Waals surface area contributed by atoms with Crippen molar-refractivity contribution < 1.29 is 14.3 Å². The average molecular weight is 405 g/mol. The summed E-state index contributed by atoms with van der Waals surface area (Å²) in [6, 6.07) is 10.3. The number of anilines is 1. The first kappa shape index (κ1) is 20.6. The SMILES string of the molecule is CCOc1cc(/C=C(\C#N)C(=O)Nc2cc(Cl)ccc2C)cc(Cl)c1OC. The van der Waals surface area contributed by atoms with Crippen LogP contribution >= 0.6 is 23.2 Å². The monoisotopic (exact) mass is 404 g/mol. The van der Waals surface area contributed by atoms with Gasteiger partial charge in [0.15, 0.2) is 11.5 Å². The van der Waals surface area contributed by atoms with Crippen LogP contribution in [0.5, 0.6) is 11.5 Å². The Morgan fingerprint density at radius 1 is 1.30 bits per heavy atom. The summed E-state index contributed by atoms with van der Waals surface area (Å²) >= 11 is 12.2. The van der Waals surface area contributed by atoms with Crippen LogP contribution in [0, 0.1) is 18.3 Å². The van der Waals surface area contributed by atoms with Crippen LogP contribution in [0.25, 0.3) is 6.08 Å². The van der Waals surface area contributed by atoms with Gasteiger partial charge >= 0.3 is 0 Å². The molecule has 0 atom stereocenters. The molecule has 0 radical (unpaired) electrons. The van der Waals surface area contributed by atoms with Crippen molar-refractivity contribution >= 4 is 40.9 Å². The molecule has 0 aliphatic carbocycles. The predicted octanol–water partition coefficient (Wildman–Crippen LogP) is 5.25. The van der Waals surface area contributed by atoms with Crippen molar-refractivity contribution in [3.8, 4) is 17.6 Å². The van der Waals surface area contributed by atoms with Crippen molar-refractivity contribution in [1.29, 1.82) is 5.26 Å². The third kappa shape index (κ3) is 5.16. The number of benzene rings is 2. The molecule has 27 heavy (non-hydrogen) atoms. The summed E-state index contributed by atoms with van der Waals surface area (Å²) in [7, 11) is 1.49. The molecule has 5 nitrogen and oxygen atoms in total. The second-order valence-corrected chi connectivity index (χ2v) is 6.39. The van der Waals surface area contributed by atoms with E-state index in [2.05, 4.69) is 5.32 Å². The van der Waals surface area contributed by atoms with Gasteiger partial charge in [-0.3, -0.25) is 4.79 Å². The van der Waals surface area contributed by atoms with Crippen molar-refractivity contribution in [2.24, 2.45) is 0 Å². The van der Waals surface area contributed by atoms with E-state index in [0.717, 1.165) is 5.56 Å². The van der Waals surface area contributed by atoms with E-state index in [1.54, 1.807) is 30.3 Å². The molecule has 0 unspecified atom stereocenters. The van der Waals surface area contributed by atoms with Crippen molar-refractivity contribution in [3.63, 3.8) is 0 Å². The lowest BCUT2D eigenvalue weighted by molar-refractivity contribution is -0.112. The molecule has 2 aromatic rings. The molecule has 0 bridgehead atoms. The van der Waals surface area contributed by atoms with Crippen LogP contribution < -0.4 is 14.8 Å². The van der Waals surface area contributed by atoms with E-state index in [4.69, 9.17) is 32.7 Å². The molecule has 0 aromatic heterocycles. The maximum absolute atomic E-state index is 12.5. The Hall–Kier alpha value is -2.68. The lowest BCUT2D eigenvalue weighted by Gasteiger charge is -2.12. The second-order valence-electron chi connectivity index (χ2n) is 5.55. The number of carbonyl (C=O) groups is 1. The highest BCUT2D eigenvalue weighted by molar-refractivity contribution is 6.32. The Balaban J connectivity index is 2.36. The Kier molecular flexibility index (Phi) is 7.12. The molecule has 140 valence electrons. The fraction of sp³-hybridized carbons (Fsp3) is 0.200. The summed E-state index contributed by atoms with van der Waals surface area (Å²) < 4.78 is 10.7. The molecule has 0 spiro atoms. The summed E-state index contributed by atoms with van der Waals surface area (Å²) in [6.45, 7) is 4.08. The molecule has 1 N–H and O–H groups in total. The minimum Gasteiger partial charge on any atom is -0.491 e. The zero-order valence-electron chi connectivity index (χ0n) is 15.1. The summed E-state index contributed by atoms with van der Waals surface area (Å²) in [5, 5.41) is 12.9. The first-order chi connectivity index (χ1) is 12.9. The van der Waals surface area contributed by atoms with Crippen molar-refractivity contribution in [1.82, 2.24) is 0 Å².